The summed E-state index contributed by atoms with van der Waals surface area (Å²) in [4.78, 5) is 15.9. The van der Waals surface area contributed by atoms with E-state index in [1.807, 2.05) is 0 Å². The van der Waals surface area contributed by atoms with Crippen LogP contribution in [0.1, 0.15) is 5.56 Å². The summed E-state index contributed by atoms with van der Waals surface area (Å²) in [5.41, 5.74) is 1.33. The van der Waals surface area contributed by atoms with Crippen LogP contribution < -0.4 is 19.5 Å². The summed E-state index contributed by atoms with van der Waals surface area (Å²) < 4.78 is 15.9. The lowest BCUT2D eigenvalue weighted by Crippen LogP contribution is -2.07. The van der Waals surface area contributed by atoms with Crippen molar-refractivity contribution in [3.8, 4) is 17.2 Å². The van der Waals surface area contributed by atoms with E-state index in [4.69, 9.17) is 14.2 Å². The molecule has 1 N–H and O–H groups in total. The molecule has 0 radical (unpaired) electrons. The second-order valence-corrected chi connectivity index (χ2v) is 4.49. The van der Waals surface area contributed by atoms with E-state index in [1.165, 1.54) is 20.3 Å². The zero-order valence-electron chi connectivity index (χ0n) is 13.2. The van der Waals surface area contributed by atoms with Crippen molar-refractivity contribution in [3.05, 3.63) is 48.3 Å². The van der Waals surface area contributed by atoms with E-state index >= 15 is 0 Å². The smallest absolute Gasteiger partial charge is 0.248 e. The van der Waals surface area contributed by atoms with Gasteiger partial charge >= 0.3 is 0 Å². The van der Waals surface area contributed by atoms with Crippen LogP contribution in [0, 0.1) is 0 Å². The third-order valence-corrected chi connectivity index (χ3v) is 3.08. The van der Waals surface area contributed by atoms with Crippen LogP contribution in [0.5, 0.6) is 17.2 Å². The average Bonchev–Trinajstić information content (AvgIpc) is 2.59. The molecule has 0 unspecified atom stereocenters. The molecule has 0 saturated heterocycles. The van der Waals surface area contributed by atoms with Crippen molar-refractivity contribution < 1.29 is 19.0 Å². The van der Waals surface area contributed by atoms with Gasteiger partial charge in [-0.1, -0.05) is 0 Å². The number of aromatic nitrogens is 1. The van der Waals surface area contributed by atoms with Crippen molar-refractivity contribution in [1.82, 2.24) is 4.98 Å². The summed E-state index contributed by atoms with van der Waals surface area (Å²) in [5.74, 6) is 1.26. The summed E-state index contributed by atoms with van der Waals surface area (Å²) in [6.07, 6.45) is 6.27. The van der Waals surface area contributed by atoms with E-state index in [9.17, 15) is 4.79 Å². The van der Waals surface area contributed by atoms with Gasteiger partial charge in [0.05, 0.1) is 33.2 Å². The van der Waals surface area contributed by atoms with Crippen LogP contribution >= 0.6 is 0 Å². The largest absolute Gasteiger partial charge is 0.493 e. The number of anilines is 1. The summed E-state index contributed by atoms with van der Waals surface area (Å²) >= 11 is 0. The van der Waals surface area contributed by atoms with Gasteiger partial charge in [0.1, 0.15) is 0 Å². The number of hydrogen-bond acceptors (Lipinski definition) is 5. The Labute approximate surface area is 134 Å². The molecule has 120 valence electrons. The lowest BCUT2D eigenvalue weighted by atomic mass is 10.1. The Bertz CT molecular complexity index is 699. The molecule has 0 fully saturated rings. The maximum atomic E-state index is 11.9. The first-order chi connectivity index (χ1) is 11.2. The number of methoxy groups -OCH3 is 3. The number of benzene rings is 1. The maximum absolute atomic E-state index is 11.9. The number of carbonyl (C=O) groups excluding carboxylic acids is 1. The summed E-state index contributed by atoms with van der Waals surface area (Å²) in [6.45, 7) is 0. The molecule has 6 nitrogen and oxygen atoms in total. The van der Waals surface area contributed by atoms with E-state index in [0.29, 0.717) is 28.5 Å². The summed E-state index contributed by atoms with van der Waals surface area (Å²) in [6, 6.07) is 7.04. The van der Waals surface area contributed by atoms with E-state index in [2.05, 4.69) is 10.3 Å². The summed E-state index contributed by atoms with van der Waals surface area (Å²) in [7, 11) is 4.61. The molecule has 0 atom stereocenters. The number of nitrogens with zero attached hydrogens (tertiary/aromatic N) is 1. The van der Waals surface area contributed by atoms with Crippen molar-refractivity contribution in [1.29, 1.82) is 0 Å². The molecular formula is C17H18N2O4. The van der Waals surface area contributed by atoms with Crippen LogP contribution in [-0.4, -0.2) is 32.2 Å². The second kappa shape index (κ2) is 7.84. The van der Waals surface area contributed by atoms with Gasteiger partial charge in [-0.25, -0.2) is 0 Å². The minimum atomic E-state index is -0.269. The minimum Gasteiger partial charge on any atom is -0.493 e. The molecule has 0 spiro atoms. The molecule has 0 bridgehead atoms. The van der Waals surface area contributed by atoms with E-state index < -0.39 is 0 Å². The molecule has 23 heavy (non-hydrogen) atoms. The van der Waals surface area contributed by atoms with E-state index in [0.717, 1.165) is 0 Å². The third kappa shape index (κ3) is 4.00. The molecule has 1 amide bonds. The fourth-order valence-corrected chi connectivity index (χ4v) is 2.04. The fourth-order valence-electron chi connectivity index (χ4n) is 2.04. The molecule has 1 aromatic carbocycles. The Morgan fingerprint density at radius 1 is 1.09 bits per heavy atom. The predicted molar refractivity (Wildman–Crippen MR) is 88.0 cm³/mol. The number of ether oxygens (including phenoxy) is 3. The molecule has 6 heteroatoms. The van der Waals surface area contributed by atoms with E-state index in [1.54, 1.807) is 49.8 Å². The standard InChI is InChI=1S/C17H18N2O4/c1-21-14-8-6-12(16(22-2)17(14)23-3)7-9-15(20)19-13-5-4-10-18-11-13/h4-11H,1-3H3,(H,19,20)/b9-7+. The van der Waals surface area contributed by atoms with Crippen molar-refractivity contribution >= 4 is 17.7 Å². The quantitative estimate of drug-likeness (QED) is 0.830. The molecule has 2 aromatic rings. The highest BCUT2D eigenvalue weighted by Gasteiger charge is 2.14. The molecule has 0 aliphatic rings. The number of pyridine rings is 1. The monoisotopic (exact) mass is 314 g/mol. The molecule has 0 aliphatic carbocycles. The van der Waals surface area contributed by atoms with Gasteiger partial charge in [0.15, 0.2) is 11.5 Å². The van der Waals surface area contributed by atoms with Crippen molar-refractivity contribution in [2.45, 2.75) is 0 Å². The number of hydrogen-bond donors (Lipinski definition) is 1. The number of nitrogens with one attached hydrogen (secondary N) is 1. The topological polar surface area (TPSA) is 69.7 Å². The SMILES string of the molecule is COc1ccc(/C=C/C(=O)Nc2cccnc2)c(OC)c1OC. The van der Waals surface area contributed by atoms with Crippen LogP contribution in [0.4, 0.5) is 5.69 Å². The molecule has 2 rings (SSSR count). The van der Waals surface area contributed by atoms with Gasteiger partial charge in [-0.3, -0.25) is 9.78 Å². The van der Waals surface area contributed by atoms with Crippen LogP contribution in [0.25, 0.3) is 6.08 Å². The average molecular weight is 314 g/mol. The molecule has 1 heterocycles. The van der Waals surface area contributed by atoms with Gasteiger partial charge in [0.2, 0.25) is 11.7 Å². The van der Waals surface area contributed by atoms with Gasteiger partial charge in [-0.2, -0.15) is 0 Å². The third-order valence-electron chi connectivity index (χ3n) is 3.08. The highest BCUT2D eigenvalue weighted by atomic mass is 16.5. The first-order valence-electron chi connectivity index (χ1n) is 6.87. The highest BCUT2D eigenvalue weighted by molar-refractivity contribution is 6.02. The van der Waals surface area contributed by atoms with Crippen molar-refractivity contribution in [2.24, 2.45) is 0 Å². The first-order valence-corrected chi connectivity index (χ1v) is 6.87. The molecular weight excluding hydrogens is 296 g/mol. The minimum absolute atomic E-state index is 0.269. The Kier molecular flexibility index (Phi) is 5.57. The van der Waals surface area contributed by atoms with Crippen LogP contribution in [0.3, 0.4) is 0 Å². The molecule has 0 aliphatic heterocycles. The molecule has 0 saturated carbocycles. The van der Waals surface area contributed by atoms with Crippen molar-refractivity contribution in [2.75, 3.05) is 26.6 Å². The Balaban J connectivity index is 2.20. The maximum Gasteiger partial charge on any atom is 0.248 e. The zero-order chi connectivity index (χ0) is 16.7. The van der Waals surface area contributed by atoms with Crippen molar-refractivity contribution in [3.63, 3.8) is 0 Å². The second-order valence-electron chi connectivity index (χ2n) is 4.49. The number of amides is 1. The van der Waals surface area contributed by atoms with Crippen LogP contribution in [0.2, 0.25) is 0 Å². The fraction of sp³-hybridized carbons (Fsp3) is 0.176. The predicted octanol–water partition coefficient (Wildman–Crippen LogP) is 2.76. The molecule has 1 aromatic heterocycles. The highest BCUT2D eigenvalue weighted by Crippen LogP contribution is 2.40. The van der Waals surface area contributed by atoms with Gasteiger partial charge in [-0.15, -0.1) is 0 Å². The summed E-state index contributed by atoms with van der Waals surface area (Å²) in [5, 5.41) is 2.72. The zero-order valence-corrected chi connectivity index (χ0v) is 13.2. The van der Waals surface area contributed by atoms with Gasteiger partial charge in [0, 0.05) is 17.8 Å². The Morgan fingerprint density at radius 2 is 1.87 bits per heavy atom. The number of rotatable bonds is 6. The first kappa shape index (κ1) is 16.4. The Morgan fingerprint density at radius 3 is 2.48 bits per heavy atom. The lowest BCUT2D eigenvalue weighted by Gasteiger charge is -2.13. The van der Waals surface area contributed by atoms with Crippen LogP contribution in [-0.2, 0) is 4.79 Å². The normalized spacial score (nSPS) is 10.4. The van der Waals surface area contributed by atoms with Gasteiger partial charge in [-0.05, 0) is 30.3 Å². The number of carbonyl (C=O) groups is 1. The lowest BCUT2D eigenvalue weighted by molar-refractivity contribution is -0.111. The Hall–Kier alpha value is -3.02. The van der Waals surface area contributed by atoms with Gasteiger partial charge in [0.25, 0.3) is 0 Å². The van der Waals surface area contributed by atoms with Crippen LogP contribution in [0.15, 0.2) is 42.7 Å². The van der Waals surface area contributed by atoms with Gasteiger partial charge < -0.3 is 19.5 Å². The van der Waals surface area contributed by atoms with E-state index in [-0.39, 0.29) is 5.91 Å².